The van der Waals surface area contributed by atoms with Crippen LogP contribution in [0.25, 0.3) is 10.9 Å². The minimum atomic E-state index is 0.225. The maximum atomic E-state index is 5.99. The standard InChI is InChI=1S/C14H18BrN3/c1-14(2,3)8-18-12-5-4-11(16)10-6-9(15)7-17-13(10)12/h4-7,18H,8,16H2,1-3H3. The van der Waals surface area contributed by atoms with E-state index in [-0.39, 0.29) is 5.41 Å². The molecule has 0 amide bonds. The second kappa shape index (κ2) is 4.76. The number of halogens is 1. The van der Waals surface area contributed by atoms with Gasteiger partial charge in [-0.1, -0.05) is 20.8 Å². The van der Waals surface area contributed by atoms with E-state index in [1.807, 2.05) is 18.2 Å². The molecule has 1 heterocycles. The lowest BCUT2D eigenvalue weighted by atomic mass is 9.97. The molecule has 0 atom stereocenters. The molecule has 0 bridgehead atoms. The van der Waals surface area contributed by atoms with Crippen LogP contribution in [0.1, 0.15) is 20.8 Å². The molecule has 0 aliphatic heterocycles. The molecule has 0 aliphatic carbocycles. The first kappa shape index (κ1) is 13.1. The predicted octanol–water partition coefficient (Wildman–Crippen LogP) is 4.04. The Hall–Kier alpha value is -1.29. The van der Waals surface area contributed by atoms with Crippen molar-refractivity contribution >= 4 is 38.2 Å². The van der Waals surface area contributed by atoms with Crippen LogP contribution >= 0.6 is 15.9 Å². The van der Waals surface area contributed by atoms with Crippen molar-refractivity contribution in [3.8, 4) is 0 Å². The van der Waals surface area contributed by atoms with Crippen molar-refractivity contribution in [2.75, 3.05) is 17.6 Å². The van der Waals surface area contributed by atoms with Gasteiger partial charge in [0.25, 0.3) is 0 Å². The van der Waals surface area contributed by atoms with E-state index in [1.54, 1.807) is 6.20 Å². The third-order valence-electron chi connectivity index (χ3n) is 2.66. The zero-order valence-corrected chi connectivity index (χ0v) is 12.5. The van der Waals surface area contributed by atoms with Gasteiger partial charge in [-0.25, -0.2) is 0 Å². The molecular weight excluding hydrogens is 290 g/mol. The van der Waals surface area contributed by atoms with Crippen LogP contribution in [0.15, 0.2) is 28.9 Å². The molecule has 4 heteroatoms. The van der Waals surface area contributed by atoms with E-state index < -0.39 is 0 Å². The summed E-state index contributed by atoms with van der Waals surface area (Å²) in [5.74, 6) is 0. The van der Waals surface area contributed by atoms with Gasteiger partial charge in [0.1, 0.15) is 0 Å². The number of nitrogens with one attached hydrogen (secondary N) is 1. The summed E-state index contributed by atoms with van der Waals surface area (Å²) in [4.78, 5) is 4.45. The second-order valence-electron chi connectivity index (χ2n) is 5.67. The first-order valence-corrected chi connectivity index (χ1v) is 6.74. The van der Waals surface area contributed by atoms with Crippen LogP contribution in [0.5, 0.6) is 0 Å². The summed E-state index contributed by atoms with van der Waals surface area (Å²) in [7, 11) is 0. The summed E-state index contributed by atoms with van der Waals surface area (Å²) in [5.41, 5.74) is 8.91. The molecule has 96 valence electrons. The van der Waals surface area contributed by atoms with E-state index >= 15 is 0 Å². The summed E-state index contributed by atoms with van der Waals surface area (Å²) in [6.07, 6.45) is 1.80. The van der Waals surface area contributed by atoms with E-state index in [4.69, 9.17) is 5.73 Å². The molecule has 0 spiro atoms. The average Bonchev–Trinajstić information content (AvgIpc) is 2.27. The second-order valence-corrected chi connectivity index (χ2v) is 6.58. The van der Waals surface area contributed by atoms with Crippen LogP contribution in [-0.2, 0) is 0 Å². The minimum Gasteiger partial charge on any atom is -0.398 e. The molecule has 0 aliphatic rings. The molecule has 3 N–H and O–H groups in total. The van der Waals surface area contributed by atoms with Gasteiger partial charge in [-0.2, -0.15) is 0 Å². The summed E-state index contributed by atoms with van der Waals surface area (Å²) >= 11 is 3.42. The Bertz CT molecular complexity index is 573. The zero-order chi connectivity index (χ0) is 13.3. The lowest BCUT2D eigenvalue weighted by molar-refractivity contribution is 0.443. The Kier molecular flexibility index (Phi) is 3.48. The number of anilines is 2. The Morgan fingerprint density at radius 2 is 2.06 bits per heavy atom. The van der Waals surface area contributed by atoms with Gasteiger partial charge in [-0.05, 0) is 39.5 Å². The highest BCUT2D eigenvalue weighted by atomic mass is 79.9. The molecule has 2 aromatic rings. The summed E-state index contributed by atoms with van der Waals surface area (Å²) in [6.45, 7) is 7.49. The number of fused-ring (bicyclic) bond motifs is 1. The molecule has 0 unspecified atom stereocenters. The van der Waals surface area contributed by atoms with Crippen molar-refractivity contribution in [1.82, 2.24) is 4.98 Å². The largest absolute Gasteiger partial charge is 0.398 e. The predicted molar refractivity (Wildman–Crippen MR) is 81.8 cm³/mol. The van der Waals surface area contributed by atoms with Crippen molar-refractivity contribution < 1.29 is 0 Å². The maximum Gasteiger partial charge on any atom is 0.0954 e. The van der Waals surface area contributed by atoms with Crippen molar-refractivity contribution in [1.29, 1.82) is 0 Å². The highest BCUT2D eigenvalue weighted by molar-refractivity contribution is 9.10. The molecular formula is C14H18BrN3. The number of hydrogen-bond donors (Lipinski definition) is 2. The maximum absolute atomic E-state index is 5.99. The summed E-state index contributed by atoms with van der Waals surface area (Å²) in [6, 6.07) is 5.91. The fourth-order valence-corrected chi connectivity index (χ4v) is 2.05. The number of nitrogens with zero attached hydrogens (tertiary/aromatic N) is 1. The first-order valence-electron chi connectivity index (χ1n) is 5.94. The van der Waals surface area contributed by atoms with Crippen molar-refractivity contribution in [2.24, 2.45) is 5.41 Å². The van der Waals surface area contributed by atoms with Gasteiger partial charge in [-0.15, -0.1) is 0 Å². The normalized spacial score (nSPS) is 11.8. The third kappa shape index (κ3) is 2.93. The summed E-state index contributed by atoms with van der Waals surface area (Å²) < 4.78 is 0.940. The Morgan fingerprint density at radius 3 is 2.72 bits per heavy atom. The van der Waals surface area contributed by atoms with Crippen molar-refractivity contribution in [3.63, 3.8) is 0 Å². The molecule has 0 radical (unpaired) electrons. The number of benzene rings is 1. The van der Waals surface area contributed by atoms with Gasteiger partial charge in [0.05, 0.1) is 11.2 Å². The topological polar surface area (TPSA) is 50.9 Å². The molecule has 1 aromatic heterocycles. The molecule has 3 nitrogen and oxygen atoms in total. The molecule has 0 saturated heterocycles. The quantitative estimate of drug-likeness (QED) is 0.823. The smallest absolute Gasteiger partial charge is 0.0954 e. The monoisotopic (exact) mass is 307 g/mol. The Balaban J connectivity index is 2.43. The number of aromatic nitrogens is 1. The number of nitrogens with two attached hydrogens (primary N) is 1. The third-order valence-corrected chi connectivity index (χ3v) is 3.09. The Morgan fingerprint density at radius 1 is 1.33 bits per heavy atom. The highest BCUT2D eigenvalue weighted by Gasteiger charge is 2.12. The lowest BCUT2D eigenvalue weighted by Gasteiger charge is -2.20. The molecule has 0 fully saturated rings. The average molecular weight is 308 g/mol. The first-order chi connectivity index (χ1) is 8.37. The van der Waals surface area contributed by atoms with Crippen LogP contribution in [0, 0.1) is 5.41 Å². The molecule has 0 saturated carbocycles. The van der Waals surface area contributed by atoms with Gasteiger partial charge >= 0.3 is 0 Å². The van der Waals surface area contributed by atoms with Crippen LogP contribution < -0.4 is 11.1 Å². The van der Waals surface area contributed by atoms with Gasteiger partial charge < -0.3 is 11.1 Å². The van der Waals surface area contributed by atoms with Gasteiger partial charge in [-0.3, -0.25) is 4.98 Å². The summed E-state index contributed by atoms with van der Waals surface area (Å²) in [5, 5.41) is 4.42. The van der Waals surface area contributed by atoms with Crippen LogP contribution in [0.2, 0.25) is 0 Å². The highest BCUT2D eigenvalue weighted by Crippen LogP contribution is 2.29. The Labute approximate surface area is 116 Å². The van der Waals surface area contributed by atoms with Crippen LogP contribution in [-0.4, -0.2) is 11.5 Å². The van der Waals surface area contributed by atoms with Crippen molar-refractivity contribution in [3.05, 3.63) is 28.9 Å². The number of rotatable bonds is 2. The number of nitrogen functional groups attached to an aromatic ring is 1. The SMILES string of the molecule is CC(C)(C)CNc1ccc(N)c2cc(Br)cnc12. The van der Waals surface area contributed by atoms with Crippen LogP contribution in [0.4, 0.5) is 11.4 Å². The van der Waals surface area contributed by atoms with Gasteiger partial charge in [0.2, 0.25) is 0 Å². The van der Waals surface area contributed by atoms with E-state index in [9.17, 15) is 0 Å². The van der Waals surface area contributed by atoms with Gasteiger partial charge in [0, 0.05) is 28.3 Å². The van der Waals surface area contributed by atoms with Crippen molar-refractivity contribution in [2.45, 2.75) is 20.8 Å². The fraction of sp³-hybridized carbons (Fsp3) is 0.357. The zero-order valence-electron chi connectivity index (χ0n) is 10.9. The molecule has 1 aromatic carbocycles. The minimum absolute atomic E-state index is 0.225. The van der Waals surface area contributed by atoms with Crippen LogP contribution in [0.3, 0.4) is 0 Å². The molecule has 2 rings (SSSR count). The van der Waals surface area contributed by atoms with E-state index in [0.29, 0.717) is 0 Å². The van der Waals surface area contributed by atoms with Gasteiger partial charge in [0.15, 0.2) is 0 Å². The number of pyridine rings is 1. The lowest BCUT2D eigenvalue weighted by Crippen LogP contribution is -2.19. The van der Waals surface area contributed by atoms with E-state index in [2.05, 4.69) is 47.0 Å². The fourth-order valence-electron chi connectivity index (χ4n) is 1.72. The molecule has 18 heavy (non-hydrogen) atoms. The number of hydrogen-bond acceptors (Lipinski definition) is 3. The van der Waals surface area contributed by atoms with E-state index in [0.717, 1.165) is 33.3 Å². The van der Waals surface area contributed by atoms with E-state index in [1.165, 1.54) is 0 Å².